The Kier molecular flexibility index (Phi) is 3.82. The molecule has 3 aromatic carbocycles. The average molecular weight is 355 g/mol. The van der Waals surface area contributed by atoms with Crippen molar-refractivity contribution >= 4 is 17.3 Å². The van der Waals surface area contributed by atoms with E-state index in [2.05, 4.69) is 46.7 Å². The third-order valence-electron chi connectivity index (χ3n) is 5.44. The van der Waals surface area contributed by atoms with Crippen molar-refractivity contribution in [3.63, 3.8) is 0 Å². The molecule has 4 heteroatoms. The smallest absolute Gasteiger partial charge is 0.265 e. The first-order valence-corrected chi connectivity index (χ1v) is 9.39. The van der Waals surface area contributed by atoms with Gasteiger partial charge in [-0.2, -0.15) is 0 Å². The number of aryl methyl sites for hydroxylation is 1. The molecular weight excluding hydrogens is 334 g/mol. The van der Waals surface area contributed by atoms with Crippen LogP contribution in [0.1, 0.15) is 23.7 Å². The number of hydrogen-bond acceptors (Lipinski definition) is 3. The molecule has 2 atom stereocenters. The zero-order chi connectivity index (χ0) is 18.2. The summed E-state index contributed by atoms with van der Waals surface area (Å²) < 4.78 is 0. The third kappa shape index (κ3) is 2.65. The first kappa shape index (κ1) is 15.9. The fourth-order valence-corrected chi connectivity index (χ4v) is 4.23. The second-order valence-electron chi connectivity index (χ2n) is 7.06. The van der Waals surface area contributed by atoms with E-state index >= 15 is 0 Å². The van der Waals surface area contributed by atoms with E-state index in [0.717, 1.165) is 29.8 Å². The summed E-state index contributed by atoms with van der Waals surface area (Å²) in [4.78, 5) is 15.6. The highest BCUT2D eigenvalue weighted by Gasteiger charge is 2.49. The quantitative estimate of drug-likeness (QED) is 0.757. The van der Waals surface area contributed by atoms with Gasteiger partial charge >= 0.3 is 0 Å². The van der Waals surface area contributed by atoms with Crippen molar-refractivity contribution in [2.24, 2.45) is 0 Å². The average Bonchev–Trinajstić information content (AvgIpc) is 3.02. The van der Waals surface area contributed by atoms with Crippen LogP contribution in [0.4, 0.5) is 11.4 Å². The molecule has 3 aromatic rings. The summed E-state index contributed by atoms with van der Waals surface area (Å²) in [6.07, 6.45) is 1.60. The van der Waals surface area contributed by atoms with E-state index in [4.69, 9.17) is 0 Å². The van der Waals surface area contributed by atoms with Gasteiger partial charge in [0.1, 0.15) is 6.04 Å². The highest BCUT2D eigenvalue weighted by Crippen LogP contribution is 2.44. The minimum atomic E-state index is -0.176. The van der Waals surface area contributed by atoms with E-state index in [1.165, 1.54) is 5.56 Å². The number of hydrazine groups is 1. The molecule has 0 spiro atoms. The summed E-state index contributed by atoms with van der Waals surface area (Å²) in [5.74, 6) is 0.127. The van der Waals surface area contributed by atoms with Crippen LogP contribution in [-0.2, 0) is 11.2 Å². The van der Waals surface area contributed by atoms with Crippen molar-refractivity contribution in [3.8, 4) is 0 Å². The number of fused-ring (bicyclic) bond motifs is 3. The van der Waals surface area contributed by atoms with E-state index in [1.807, 2.05) is 48.5 Å². The van der Waals surface area contributed by atoms with Gasteiger partial charge in [0.15, 0.2) is 6.17 Å². The molecule has 2 aliphatic heterocycles. The summed E-state index contributed by atoms with van der Waals surface area (Å²) in [5, 5.41) is 1.80. The Morgan fingerprint density at radius 2 is 1.48 bits per heavy atom. The van der Waals surface area contributed by atoms with Gasteiger partial charge in [-0.3, -0.25) is 10.2 Å². The lowest BCUT2D eigenvalue weighted by Gasteiger charge is -2.37. The summed E-state index contributed by atoms with van der Waals surface area (Å²) in [6.45, 7) is 0. The maximum atomic E-state index is 13.4. The number of amides is 1. The Bertz CT molecular complexity index is 958. The number of para-hydroxylation sites is 2. The van der Waals surface area contributed by atoms with Crippen molar-refractivity contribution in [2.45, 2.75) is 25.0 Å². The van der Waals surface area contributed by atoms with Crippen LogP contribution in [0.3, 0.4) is 0 Å². The minimum Gasteiger partial charge on any atom is -0.333 e. The van der Waals surface area contributed by atoms with Gasteiger partial charge in [0.2, 0.25) is 0 Å². The highest BCUT2D eigenvalue weighted by molar-refractivity contribution is 5.92. The van der Waals surface area contributed by atoms with Crippen LogP contribution >= 0.6 is 0 Å². The maximum Gasteiger partial charge on any atom is 0.265 e. The third-order valence-corrected chi connectivity index (χ3v) is 5.44. The number of nitrogens with zero attached hydrogens (tertiary/aromatic N) is 2. The van der Waals surface area contributed by atoms with E-state index in [9.17, 15) is 4.79 Å². The van der Waals surface area contributed by atoms with E-state index < -0.39 is 0 Å². The molecule has 0 saturated carbocycles. The van der Waals surface area contributed by atoms with Gasteiger partial charge in [-0.25, -0.2) is 5.01 Å². The summed E-state index contributed by atoms with van der Waals surface area (Å²) in [5.41, 5.74) is 7.86. The van der Waals surface area contributed by atoms with E-state index in [-0.39, 0.29) is 18.1 Å². The Morgan fingerprint density at radius 1 is 0.815 bits per heavy atom. The van der Waals surface area contributed by atoms with Crippen molar-refractivity contribution < 1.29 is 4.79 Å². The predicted octanol–water partition coefficient (Wildman–Crippen LogP) is 4.38. The van der Waals surface area contributed by atoms with Crippen LogP contribution in [0.25, 0.3) is 0 Å². The van der Waals surface area contributed by atoms with Gasteiger partial charge in [-0.1, -0.05) is 66.7 Å². The van der Waals surface area contributed by atoms with Gasteiger partial charge in [0.25, 0.3) is 5.91 Å². The molecule has 27 heavy (non-hydrogen) atoms. The zero-order valence-electron chi connectivity index (χ0n) is 15.0. The van der Waals surface area contributed by atoms with Crippen LogP contribution in [0.2, 0.25) is 0 Å². The maximum absolute atomic E-state index is 13.4. The summed E-state index contributed by atoms with van der Waals surface area (Å²) >= 11 is 0. The second kappa shape index (κ2) is 6.47. The molecule has 0 bridgehead atoms. The molecule has 4 nitrogen and oxygen atoms in total. The number of nitrogens with one attached hydrogen (secondary N) is 1. The van der Waals surface area contributed by atoms with Crippen LogP contribution in [0.5, 0.6) is 0 Å². The molecule has 134 valence electrons. The molecular formula is C23H21N3O. The SMILES string of the molecule is O=C1C2CCc3ccccc3N2C(c2ccccc2)N1Nc1ccccc1. The highest BCUT2D eigenvalue weighted by atomic mass is 16.2. The Morgan fingerprint density at radius 3 is 2.26 bits per heavy atom. The Balaban J connectivity index is 1.62. The molecule has 2 aliphatic rings. The van der Waals surface area contributed by atoms with Crippen molar-refractivity contribution in [3.05, 3.63) is 96.1 Å². The summed E-state index contributed by atoms with van der Waals surface area (Å²) in [6, 6.07) is 28.5. The predicted molar refractivity (Wildman–Crippen MR) is 107 cm³/mol. The van der Waals surface area contributed by atoms with Crippen LogP contribution < -0.4 is 10.3 Å². The van der Waals surface area contributed by atoms with E-state index in [0.29, 0.717) is 0 Å². The van der Waals surface area contributed by atoms with Gasteiger partial charge in [-0.15, -0.1) is 0 Å². The molecule has 1 amide bonds. The minimum absolute atomic E-state index is 0.127. The van der Waals surface area contributed by atoms with Gasteiger partial charge in [-0.05, 0) is 42.2 Å². The first-order valence-electron chi connectivity index (χ1n) is 9.39. The largest absolute Gasteiger partial charge is 0.333 e. The lowest BCUT2D eigenvalue weighted by atomic mass is 9.96. The van der Waals surface area contributed by atoms with Crippen molar-refractivity contribution in [1.29, 1.82) is 0 Å². The molecule has 1 N–H and O–H groups in total. The second-order valence-corrected chi connectivity index (χ2v) is 7.06. The molecule has 0 aliphatic carbocycles. The fraction of sp³-hybridized carbons (Fsp3) is 0.174. The molecule has 5 rings (SSSR count). The standard InChI is InChI=1S/C23H21N3O/c27-23-21-16-15-17-9-7-8-14-20(17)25(21)22(18-10-3-1-4-11-18)26(23)24-19-12-5-2-6-13-19/h1-14,21-22,24H,15-16H2. The molecule has 2 unspecified atom stereocenters. The molecule has 1 fully saturated rings. The molecule has 1 saturated heterocycles. The number of anilines is 2. The topological polar surface area (TPSA) is 35.6 Å². The number of carbonyl (C=O) groups is 1. The Labute approximate surface area is 159 Å². The first-order chi connectivity index (χ1) is 13.3. The lowest BCUT2D eigenvalue weighted by Crippen LogP contribution is -2.38. The number of benzene rings is 3. The molecule has 0 aromatic heterocycles. The van der Waals surface area contributed by atoms with Crippen molar-refractivity contribution in [1.82, 2.24) is 5.01 Å². The molecule has 0 radical (unpaired) electrons. The van der Waals surface area contributed by atoms with Crippen LogP contribution in [0, 0.1) is 0 Å². The number of hydrogen-bond donors (Lipinski definition) is 1. The fourth-order valence-electron chi connectivity index (χ4n) is 4.23. The van der Waals surface area contributed by atoms with Gasteiger partial charge in [0.05, 0.1) is 5.69 Å². The van der Waals surface area contributed by atoms with Crippen molar-refractivity contribution in [2.75, 3.05) is 10.3 Å². The summed E-state index contributed by atoms with van der Waals surface area (Å²) in [7, 11) is 0. The number of carbonyl (C=O) groups excluding carboxylic acids is 1. The lowest BCUT2D eigenvalue weighted by molar-refractivity contribution is -0.128. The van der Waals surface area contributed by atoms with E-state index in [1.54, 1.807) is 5.01 Å². The van der Waals surface area contributed by atoms with Crippen LogP contribution in [0.15, 0.2) is 84.9 Å². The zero-order valence-corrected chi connectivity index (χ0v) is 15.0. The van der Waals surface area contributed by atoms with Gasteiger partial charge < -0.3 is 4.90 Å². The van der Waals surface area contributed by atoms with Gasteiger partial charge in [0, 0.05) is 5.69 Å². The molecule has 2 heterocycles. The van der Waals surface area contributed by atoms with Crippen LogP contribution in [-0.4, -0.2) is 17.0 Å². The Hall–Kier alpha value is -3.27. The normalized spacial score (nSPS) is 21.0. The monoisotopic (exact) mass is 355 g/mol. The number of rotatable bonds is 3.